The fourth-order valence-corrected chi connectivity index (χ4v) is 5.84. The summed E-state index contributed by atoms with van der Waals surface area (Å²) in [5.41, 5.74) is 4.16. The van der Waals surface area contributed by atoms with E-state index in [1.807, 2.05) is 48.7 Å². The predicted octanol–water partition coefficient (Wildman–Crippen LogP) is 7.92. The third kappa shape index (κ3) is 3.88. The maximum atomic E-state index is 13.4. The van der Waals surface area contributed by atoms with Crippen LogP contribution in [0.2, 0.25) is 10.0 Å². The van der Waals surface area contributed by atoms with Crippen LogP contribution in [0.5, 0.6) is 0 Å². The van der Waals surface area contributed by atoms with Crippen molar-refractivity contribution in [3.05, 3.63) is 103 Å². The van der Waals surface area contributed by atoms with Crippen LogP contribution in [0.4, 0.5) is 5.69 Å². The Kier molecular flexibility index (Phi) is 6.11. The van der Waals surface area contributed by atoms with Crippen LogP contribution in [-0.2, 0) is 4.79 Å². The molecule has 1 aliphatic carbocycles. The number of thiophene rings is 1. The second-order valence-electron chi connectivity index (χ2n) is 8.50. The van der Waals surface area contributed by atoms with Crippen LogP contribution in [0.3, 0.4) is 0 Å². The Balaban J connectivity index is 1.81. The second kappa shape index (κ2) is 9.06. The SMILES string of the molecule is Cc1ccc(/C(O)=C2\C(=N)N(c3ccc(Cl)c(Cl)c3)C3=C(C(=O)CCC3)C2c2cccs2)cc1. The molecule has 0 fully saturated rings. The van der Waals surface area contributed by atoms with Crippen molar-refractivity contribution in [3.63, 3.8) is 0 Å². The molecule has 0 radical (unpaired) electrons. The number of benzene rings is 2. The first kappa shape index (κ1) is 22.9. The normalized spacial score (nSPS) is 20.0. The smallest absolute Gasteiger partial charge is 0.161 e. The van der Waals surface area contributed by atoms with E-state index in [2.05, 4.69) is 0 Å². The molecule has 2 N–H and O–H groups in total. The number of amidine groups is 1. The third-order valence-corrected chi connectivity index (χ3v) is 8.00. The van der Waals surface area contributed by atoms with Crippen molar-refractivity contribution in [2.24, 2.45) is 0 Å². The number of aliphatic hydroxyl groups is 1. The average molecular weight is 509 g/mol. The molecule has 172 valence electrons. The number of rotatable bonds is 3. The number of hydrogen-bond donors (Lipinski definition) is 2. The minimum Gasteiger partial charge on any atom is -0.507 e. The molecule has 2 aromatic carbocycles. The molecule has 2 aliphatic rings. The zero-order valence-electron chi connectivity index (χ0n) is 18.4. The number of Topliss-reactive ketones (excluding diaryl/α,β-unsaturated/α-hetero) is 1. The van der Waals surface area contributed by atoms with Gasteiger partial charge in [0.15, 0.2) is 5.78 Å². The van der Waals surface area contributed by atoms with Gasteiger partial charge in [-0.1, -0.05) is 59.1 Å². The van der Waals surface area contributed by atoms with Crippen LogP contribution in [0, 0.1) is 12.3 Å². The van der Waals surface area contributed by atoms with Crippen LogP contribution in [0.1, 0.15) is 41.2 Å². The first-order valence-electron chi connectivity index (χ1n) is 11.0. The number of halogens is 2. The van der Waals surface area contributed by atoms with E-state index in [1.54, 1.807) is 23.1 Å². The van der Waals surface area contributed by atoms with E-state index >= 15 is 0 Å². The van der Waals surface area contributed by atoms with Gasteiger partial charge in [-0.25, -0.2) is 0 Å². The quantitative estimate of drug-likeness (QED) is 0.353. The second-order valence-corrected chi connectivity index (χ2v) is 10.3. The lowest BCUT2D eigenvalue weighted by Gasteiger charge is -2.41. The van der Waals surface area contributed by atoms with E-state index in [0.717, 1.165) is 16.1 Å². The summed E-state index contributed by atoms with van der Waals surface area (Å²) < 4.78 is 0. The number of carbonyl (C=O) groups excluding carboxylic acids is 1. The zero-order chi connectivity index (χ0) is 24.0. The predicted molar refractivity (Wildman–Crippen MR) is 140 cm³/mol. The topological polar surface area (TPSA) is 64.4 Å². The van der Waals surface area contributed by atoms with Crippen LogP contribution in [0.15, 0.2) is 76.8 Å². The molecule has 1 atom stereocenters. The number of carbonyl (C=O) groups is 1. The highest BCUT2D eigenvalue weighted by atomic mass is 35.5. The van der Waals surface area contributed by atoms with Gasteiger partial charge in [0.1, 0.15) is 11.6 Å². The summed E-state index contributed by atoms with van der Waals surface area (Å²) in [4.78, 5) is 16.1. The summed E-state index contributed by atoms with van der Waals surface area (Å²) in [5.74, 6) is -0.330. The van der Waals surface area contributed by atoms with E-state index in [9.17, 15) is 15.3 Å². The van der Waals surface area contributed by atoms with Gasteiger partial charge >= 0.3 is 0 Å². The molecule has 0 bridgehead atoms. The summed E-state index contributed by atoms with van der Waals surface area (Å²) >= 11 is 14.0. The largest absolute Gasteiger partial charge is 0.507 e. The lowest BCUT2D eigenvalue weighted by atomic mass is 9.76. The lowest BCUT2D eigenvalue weighted by molar-refractivity contribution is -0.116. The highest BCUT2D eigenvalue weighted by Gasteiger charge is 2.43. The van der Waals surface area contributed by atoms with Crippen molar-refractivity contribution in [1.82, 2.24) is 0 Å². The molecule has 7 heteroatoms. The number of aliphatic hydroxyl groups excluding tert-OH is 1. The standard InChI is InChI=1S/C27H22Cl2N2O2S/c1-15-7-9-16(10-8-15)26(33)25-24(22-6-3-13-34-22)23-20(4-2-5-21(23)32)31(27(25)30)17-11-12-18(28)19(29)14-17/h3,6-14,24,30,33H,2,4-5H2,1H3/b26-25+,30-27?. The first-order valence-corrected chi connectivity index (χ1v) is 12.6. The molecule has 3 aromatic rings. The Bertz CT molecular complexity index is 1360. The van der Waals surface area contributed by atoms with Gasteiger partial charge in [0.25, 0.3) is 0 Å². The van der Waals surface area contributed by atoms with Crippen LogP contribution < -0.4 is 4.90 Å². The van der Waals surface area contributed by atoms with Gasteiger partial charge in [-0.3, -0.25) is 15.1 Å². The minimum absolute atomic E-state index is 0.00150. The lowest BCUT2D eigenvalue weighted by Crippen LogP contribution is -2.42. The number of ketones is 1. The number of aryl methyl sites for hydroxylation is 1. The van der Waals surface area contributed by atoms with Crippen molar-refractivity contribution in [3.8, 4) is 0 Å². The van der Waals surface area contributed by atoms with E-state index in [-0.39, 0.29) is 17.4 Å². The van der Waals surface area contributed by atoms with Gasteiger partial charge < -0.3 is 5.11 Å². The van der Waals surface area contributed by atoms with E-state index in [4.69, 9.17) is 23.2 Å². The maximum absolute atomic E-state index is 13.4. The van der Waals surface area contributed by atoms with Gasteiger partial charge in [0.05, 0.1) is 21.5 Å². The fourth-order valence-electron chi connectivity index (χ4n) is 4.71. The Hall–Kier alpha value is -2.86. The summed E-state index contributed by atoms with van der Waals surface area (Å²) in [6.07, 6.45) is 1.81. The molecule has 4 nitrogen and oxygen atoms in total. The molecule has 2 heterocycles. The average Bonchev–Trinajstić information content (AvgIpc) is 3.35. The van der Waals surface area contributed by atoms with Gasteiger partial charge in [0.2, 0.25) is 0 Å². The summed E-state index contributed by atoms with van der Waals surface area (Å²) in [6.45, 7) is 1.98. The molecular weight excluding hydrogens is 487 g/mol. The van der Waals surface area contributed by atoms with Crippen molar-refractivity contribution in [2.75, 3.05) is 4.90 Å². The molecule has 5 rings (SSSR count). The Morgan fingerprint density at radius 2 is 1.85 bits per heavy atom. The Morgan fingerprint density at radius 3 is 2.53 bits per heavy atom. The molecule has 0 spiro atoms. The fraction of sp³-hybridized carbons (Fsp3) is 0.185. The number of anilines is 1. The Morgan fingerprint density at radius 1 is 1.09 bits per heavy atom. The van der Waals surface area contributed by atoms with Crippen molar-refractivity contribution in [2.45, 2.75) is 32.1 Å². The summed E-state index contributed by atoms with van der Waals surface area (Å²) in [6, 6.07) is 16.6. The van der Waals surface area contributed by atoms with Crippen LogP contribution in [-0.4, -0.2) is 16.7 Å². The highest BCUT2D eigenvalue weighted by Crippen LogP contribution is 2.49. The van der Waals surface area contributed by atoms with E-state index < -0.39 is 5.92 Å². The maximum Gasteiger partial charge on any atom is 0.161 e. The highest BCUT2D eigenvalue weighted by molar-refractivity contribution is 7.10. The third-order valence-electron chi connectivity index (χ3n) is 6.32. The first-order chi connectivity index (χ1) is 16.4. The van der Waals surface area contributed by atoms with Crippen molar-refractivity contribution in [1.29, 1.82) is 5.41 Å². The molecule has 1 unspecified atom stereocenters. The van der Waals surface area contributed by atoms with Gasteiger partial charge in [0, 0.05) is 33.8 Å². The van der Waals surface area contributed by atoms with Crippen molar-refractivity contribution >= 4 is 57.6 Å². The monoisotopic (exact) mass is 508 g/mol. The molecule has 1 aromatic heterocycles. The summed E-state index contributed by atoms with van der Waals surface area (Å²) in [7, 11) is 0. The molecule has 0 saturated carbocycles. The van der Waals surface area contributed by atoms with Gasteiger partial charge in [-0.2, -0.15) is 0 Å². The molecule has 34 heavy (non-hydrogen) atoms. The zero-order valence-corrected chi connectivity index (χ0v) is 20.8. The number of hydrogen-bond acceptors (Lipinski definition) is 4. The number of nitrogens with zero attached hydrogens (tertiary/aromatic N) is 1. The molecular formula is C27H22Cl2N2O2S. The van der Waals surface area contributed by atoms with Gasteiger partial charge in [-0.05, 0) is 49.4 Å². The van der Waals surface area contributed by atoms with E-state index in [1.165, 1.54) is 11.3 Å². The number of allylic oxidation sites excluding steroid dienone is 2. The van der Waals surface area contributed by atoms with E-state index in [0.29, 0.717) is 51.7 Å². The number of nitrogens with one attached hydrogen (secondary N) is 1. The summed E-state index contributed by atoms with van der Waals surface area (Å²) in [5, 5.41) is 23.6. The van der Waals surface area contributed by atoms with Crippen molar-refractivity contribution < 1.29 is 9.90 Å². The van der Waals surface area contributed by atoms with Crippen LogP contribution in [0.25, 0.3) is 5.76 Å². The Labute approximate surface area is 212 Å². The van der Waals surface area contributed by atoms with Crippen LogP contribution >= 0.6 is 34.5 Å². The van der Waals surface area contributed by atoms with Gasteiger partial charge in [-0.15, -0.1) is 11.3 Å². The molecule has 1 aliphatic heterocycles. The molecule has 0 amide bonds. The minimum atomic E-state index is -0.504. The molecule has 0 saturated heterocycles.